The normalized spacial score (nSPS) is 14.0. The van der Waals surface area contributed by atoms with E-state index in [1.165, 1.54) is 12.8 Å². The molecule has 1 rings (SSSR count). The molecule has 0 spiro atoms. The van der Waals surface area contributed by atoms with Crippen LogP contribution in [0.15, 0.2) is 24.3 Å². The van der Waals surface area contributed by atoms with Crippen molar-refractivity contribution in [1.29, 1.82) is 0 Å². The Labute approximate surface area is 178 Å². The summed E-state index contributed by atoms with van der Waals surface area (Å²) in [7, 11) is 6.18. The Hall–Kier alpha value is -0.750. The predicted molar refractivity (Wildman–Crippen MR) is 119 cm³/mol. The third kappa shape index (κ3) is 14.0. The fourth-order valence-electron chi connectivity index (χ4n) is 2.73. The van der Waals surface area contributed by atoms with E-state index < -0.39 is 8.60 Å². The summed E-state index contributed by atoms with van der Waals surface area (Å²) in [6.45, 7) is 4.69. The lowest BCUT2D eigenvalue weighted by molar-refractivity contribution is -0.870. The minimum Gasteiger partial charge on any atom is -0.497 e. The fraction of sp³-hybridized carbons (Fsp3) is 0.727. The summed E-state index contributed by atoms with van der Waals surface area (Å²) in [6.07, 6.45) is 6.59. The quantitative estimate of drug-likeness (QED) is 0.216. The molecule has 168 valence electrons. The number of benzene rings is 1. The Morgan fingerprint density at radius 2 is 1.62 bits per heavy atom. The van der Waals surface area contributed by atoms with E-state index in [0.29, 0.717) is 19.8 Å². The lowest BCUT2D eigenvalue weighted by atomic mass is 10.1. The van der Waals surface area contributed by atoms with Gasteiger partial charge >= 0.3 is 8.60 Å². The van der Waals surface area contributed by atoms with Crippen LogP contribution in [0.2, 0.25) is 0 Å². The Balaban J connectivity index is 2.21. The number of ether oxygens (including phenoxy) is 2. The Morgan fingerprint density at radius 1 is 0.966 bits per heavy atom. The van der Waals surface area contributed by atoms with Crippen molar-refractivity contribution in [3.05, 3.63) is 29.8 Å². The maximum absolute atomic E-state index is 9.80. The molecule has 6 nitrogen and oxygen atoms in total. The molecule has 0 heterocycles. The molecule has 29 heavy (non-hydrogen) atoms. The smallest absolute Gasteiger partial charge is 0.330 e. The minimum atomic E-state index is -1.77. The highest BCUT2D eigenvalue weighted by Crippen LogP contribution is 2.32. The second-order valence-corrected chi connectivity index (χ2v) is 9.33. The van der Waals surface area contributed by atoms with Gasteiger partial charge in [0.1, 0.15) is 18.9 Å². The monoisotopic (exact) mass is 430 g/mol. The van der Waals surface area contributed by atoms with Gasteiger partial charge in [0, 0.05) is 0 Å². The highest BCUT2D eigenvalue weighted by atomic mass is 31.2. The van der Waals surface area contributed by atoms with E-state index in [2.05, 4.69) is 28.1 Å². The van der Waals surface area contributed by atoms with Gasteiger partial charge in [-0.3, -0.25) is 0 Å². The average molecular weight is 431 g/mol. The first kappa shape index (κ1) is 26.3. The number of likely N-dealkylation sites (N-methyl/N-ethyl adjacent to an activating group) is 1. The van der Waals surface area contributed by atoms with Gasteiger partial charge in [-0.05, 0) is 43.4 Å². The number of hydrogen-bond acceptors (Lipinski definition) is 5. The van der Waals surface area contributed by atoms with Crippen LogP contribution in [0.3, 0.4) is 0 Å². The molecule has 0 aliphatic carbocycles. The van der Waals surface area contributed by atoms with Crippen LogP contribution in [-0.4, -0.2) is 63.5 Å². The molecule has 0 saturated carbocycles. The van der Waals surface area contributed by atoms with E-state index in [-0.39, 0.29) is 6.10 Å². The number of unbranched alkanes of at least 4 members (excludes halogenated alkanes) is 2. The largest absolute Gasteiger partial charge is 0.497 e. The maximum atomic E-state index is 9.80. The van der Waals surface area contributed by atoms with E-state index in [1.807, 2.05) is 24.3 Å². The molecule has 2 atom stereocenters. The Kier molecular flexibility index (Phi) is 13.7. The van der Waals surface area contributed by atoms with Crippen LogP contribution in [0.1, 0.15) is 51.0 Å². The van der Waals surface area contributed by atoms with Gasteiger partial charge in [0.05, 0.1) is 47.6 Å². The van der Waals surface area contributed by atoms with Gasteiger partial charge in [0.2, 0.25) is 0 Å². The molecule has 0 amide bonds. The first-order chi connectivity index (χ1) is 13.8. The van der Waals surface area contributed by atoms with Crippen LogP contribution in [0.25, 0.3) is 0 Å². The average Bonchev–Trinajstić information content (AvgIpc) is 2.68. The molecule has 7 heteroatoms. The van der Waals surface area contributed by atoms with E-state index in [9.17, 15) is 4.89 Å². The number of hydrogen-bond donors (Lipinski definition) is 1. The van der Waals surface area contributed by atoms with Crippen LogP contribution >= 0.6 is 8.60 Å². The van der Waals surface area contributed by atoms with Crippen LogP contribution in [0.4, 0.5) is 0 Å². The van der Waals surface area contributed by atoms with Gasteiger partial charge < -0.3 is 27.9 Å². The van der Waals surface area contributed by atoms with Crippen molar-refractivity contribution in [1.82, 2.24) is 0 Å². The van der Waals surface area contributed by atoms with Crippen molar-refractivity contribution < 1.29 is 27.9 Å². The number of rotatable bonds is 17. The second-order valence-electron chi connectivity index (χ2n) is 8.34. The molecule has 0 saturated heterocycles. The molecule has 0 bridgehead atoms. The lowest BCUT2D eigenvalue weighted by Crippen LogP contribution is -2.37. The third-order valence-electron chi connectivity index (χ3n) is 4.61. The van der Waals surface area contributed by atoms with Gasteiger partial charge in [-0.25, -0.2) is 0 Å². The summed E-state index contributed by atoms with van der Waals surface area (Å²) >= 11 is 0. The lowest BCUT2D eigenvalue weighted by Gasteiger charge is -2.23. The van der Waals surface area contributed by atoms with Gasteiger partial charge in [-0.2, -0.15) is 0 Å². The number of nitrogens with zero attached hydrogens (tertiary/aromatic N) is 1. The molecule has 1 N–H and O–H groups in total. The molecule has 0 fully saturated rings. The summed E-state index contributed by atoms with van der Waals surface area (Å²) in [6, 6.07) is 8.02. The fourth-order valence-corrected chi connectivity index (χ4v) is 3.32. The molecule has 0 aromatic heterocycles. The maximum Gasteiger partial charge on any atom is 0.330 e. The van der Waals surface area contributed by atoms with Crippen molar-refractivity contribution in [2.24, 2.45) is 0 Å². The van der Waals surface area contributed by atoms with E-state index in [1.54, 1.807) is 7.11 Å². The standard InChI is InChI=1S/C22H41NO5P/c1-6-7-10-22(26-19-20-12-14-21(25-5)15-13-20)11-8-9-17-27-29(24)28-18-16-23(2,3)4/h12-15,22,24H,6-11,16-19H2,1-5H3/q+1. The van der Waals surface area contributed by atoms with Crippen molar-refractivity contribution >= 4 is 8.60 Å². The number of methoxy groups -OCH3 is 1. The molecule has 0 aliphatic rings. The predicted octanol–water partition coefficient (Wildman–Crippen LogP) is 4.90. The van der Waals surface area contributed by atoms with Gasteiger partial charge in [0.25, 0.3) is 0 Å². The summed E-state index contributed by atoms with van der Waals surface area (Å²) in [5.74, 6) is 0.863. The van der Waals surface area contributed by atoms with Crippen molar-refractivity contribution in [2.75, 3.05) is 48.0 Å². The van der Waals surface area contributed by atoms with Crippen molar-refractivity contribution in [2.45, 2.75) is 58.2 Å². The zero-order valence-corrected chi connectivity index (χ0v) is 19.8. The van der Waals surface area contributed by atoms with Gasteiger partial charge in [0.15, 0.2) is 0 Å². The van der Waals surface area contributed by atoms with E-state index in [0.717, 1.165) is 48.0 Å². The zero-order valence-electron chi connectivity index (χ0n) is 18.9. The van der Waals surface area contributed by atoms with Crippen molar-refractivity contribution in [3.63, 3.8) is 0 Å². The molecule has 1 aromatic rings. The van der Waals surface area contributed by atoms with Gasteiger partial charge in [-0.1, -0.05) is 31.9 Å². The Bertz CT molecular complexity index is 521. The summed E-state index contributed by atoms with van der Waals surface area (Å²) < 4.78 is 22.9. The van der Waals surface area contributed by atoms with Crippen LogP contribution in [0, 0.1) is 0 Å². The molecule has 1 aromatic carbocycles. The summed E-state index contributed by atoms with van der Waals surface area (Å²) in [5, 5.41) is 0. The van der Waals surface area contributed by atoms with E-state index in [4.69, 9.17) is 18.5 Å². The highest BCUT2D eigenvalue weighted by Gasteiger charge is 2.12. The molecule has 0 aliphatic heterocycles. The first-order valence-corrected chi connectivity index (χ1v) is 11.8. The van der Waals surface area contributed by atoms with Crippen LogP contribution in [0.5, 0.6) is 5.75 Å². The Morgan fingerprint density at radius 3 is 2.24 bits per heavy atom. The molecule has 2 unspecified atom stereocenters. The van der Waals surface area contributed by atoms with Crippen LogP contribution < -0.4 is 4.74 Å². The molecular formula is C22H41NO5P+. The molecule has 0 radical (unpaired) electrons. The van der Waals surface area contributed by atoms with Gasteiger partial charge in [-0.15, -0.1) is 0 Å². The number of quaternary nitrogens is 1. The topological polar surface area (TPSA) is 57.2 Å². The van der Waals surface area contributed by atoms with E-state index >= 15 is 0 Å². The third-order valence-corrected chi connectivity index (χ3v) is 5.42. The van der Waals surface area contributed by atoms with Crippen LogP contribution in [-0.2, 0) is 20.4 Å². The molecular weight excluding hydrogens is 389 g/mol. The first-order valence-electron chi connectivity index (χ1n) is 10.6. The zero-order chi connectivity index (χ0) is 21.5. The highest BCUT2D eigenvalue weighted by molar-refractivity contribution is 7.40. The SMILES string of the molecule is CCCCC(CCCCOP(O)OCC[N+](C)(C)C)OCc1ccc(OC)cc1. The summed E-state index contributed by atoms with van der Waals surface area (Å²) in [5.41, 5.74) is 1.16. The second kappa shape index (κ2) is 15.1. The van der Waals surface area contributed by atoms with Crippen molar-refractivity contribution in [3.8, 4) is 5.75 Å². The summed E-state index contributed by atoms with van der Waals surface area (Å²) in [4.78, 5) is 9.80. The minimum absolute atomic E-state index is 0.258.